The van der Waals surface area contributed by atoms with Crippen LogP contribution in [0.25, 0.3) is 0 Å². The average molecular weight is 361 g/mol. The highest BCUT2D eigenvalue weighted by molar-refractivity contribution is 5.79. The van der Waals surface area contributed by atoms with Crippen LogP contribution in [0.1, 0.15) is 47.2 Å². The van der Waals surface area contributed by atoms with E-state index in [9.17, 15) is 4.79 Å². The number of benzene rings is 2. The topological polar surface area (TPSA) is 67.0 Å². The predicted octanol–water partition coefficient (Wildman–Crippen LogP) is 3.74. The standard InChI is InChI=1S/C22H23N3O2/c1-27-19-10-8-18(9-11-19)22(20-13-23-14-24-20)25-21(26)12-15-2-4-16(5-3-15)17-6-7-17/h2-5,8-11,13-14,17,22H,6-7,12H2,1H3,(H,23,24)(H,25,26). The first-order chi connectivity index (χ1) is 13.2. The number of carbonyl (C=O) groups excluding carboxylic acids is 1. The molecule has 1 unspecified atom stereocenters. The zero-order chi connectivity index (χ0) is 18.6. The van der Waals surface area contributed by atoms with E-state index in [1.54, 1.807) is 19.6 Å². The third-order valence-corrected chi connectivity index (χ3v) is 4.96. The minimum atomic E-state index is -0.305. The van der Waals surface area contributed by atoms with Gasteiger partial charge in [-0.15, -0.1) is 0 Å². The van der Waals surface area contributed by atoms with Crippen LogP contribution in [0.4, 0.5) is 0 Å². The molecule has 0 saturated heterocycles. The second kappa shape index (κ2) is 7.66. The van der Waals surface area contributed by atoms with Crippen molar-refractivity contribution >= 4 is 5.91 Å². The Morgan fingerprint density at radius 2 is 1.93 bits per heavy atom. The number of carbonyl (C=O) groups is 1. The molecule has 0 bridgehead atoms. The average Bonchev–Trinajstić information content (AvgIpc) is 3.41. The van der Waals surface area contributed by atoms with Gasteiger partial charge in [-0.3, -0.25) is 4.79 Å². The highest BCUT2D eigenvalue weighted by Gasteiger charge is 2.23. The number of methoxy groups -OCH3 is 1. The Hall–Kier alpha value is -3.08. The minimum absolute atomic E-state index is 0.0296. The molecule has 1 fully saturated rings. The lowest BCUT2D eigenvalue weighted by atomic mass is 10.0. The summed E-state index contributed by atoms with van der Waals surface area (Å²) in [6.07, 6.45) is 6.34. The summed E-state index contributed by atoms with van der Waals surface area (Å²) < 4.78 is 5.22. The summed E-state index contributed by atoms with van der Waals surface area (Å²) in [4.78, 5) is 20.0. The van der Waals surface area contributed by atoms with Gasteiger partial charge < -0.3 is 15.0 Å². The van der Waals surface area contributed by atoms with Gasteiger partial charge in [-0.1, -0.05) is 36.4 Å². The molecule has 1 heterocycles. The third-order valence-electron chi connectivity index (χ3n) is 4.96. The van der Waals surface area contributed by atoms with Crippen molar-refractivity contribution in [3.8, 4) is 5.75 Å². The van der Waals surface area contributed by atoms with Gasteiger partial charge in [0.1, 0.15) is 5.75 Å². The van der Waals surface area contributed by atoms with Crippen molar-refractivity contribution in [2.75, 3.05) is 7.11 Å². The van der Waals surface area contributed by atoms with Gasteiger partial charge in [-0.2, -0.15) is 0 Å². The number of rotatable bonds is 7. The van der Waals surface area contributed by atoms with Crippen LogP contribution in [0.15, 0.2) is 61.1 Å². The number of nitrogens with zero attached hydrogens (tertiary/aromatic N) is 1. The first-order valence-electron chi connectivity index (χ1n) is 9.24. The molecule has 5 nitrogen and oxygen atoms in total. The molecular weight excluding hydrogens is 338 g/mol. The van der Waals surface area contributed by atoms with Crippen molar-refractivity contribution in [1.82, 2.24) is 15.3 Å². The van der Waals surface area contributed by atoms with Gasteiger partial charge in [0.25, 0.3) is 0 Å². The summed E-state index contributed by atoms with van der Waals surface area (Å²) in [7, 11) is 1.64. The largest absolute Gasteiger partial charge is 0.497 e. The van der Waals surface area contributed by atoms with Crippen molar-refractivity contribution in [1.29, 1.82) is 0 Å². The number of nitrogens with one attached hydrogen (secondary N) is 2. The maximum absolute atomic E-state index is 12.7. The maximum atomic E-state index is 12.7. The Balaban J connectivity index is 1.47. The van der Waals surface area contributed by atoms with E-state index in [0.29, 0.717) is 6.42 Å². The predicted molar refractivity (Wildman–Crippen MR) is 104 cm³/mol. The number of ether oxygens (including phenoxy) is 1. The SMILES string of the molecule is COc1ccc(C(NC(=O)Cc2ccc(C3CC3)cc2)c2c[nH]cn2)cc1. The number of amides is 1. The highest BCUT2D eigenvalue weighted by Crippen LogP contribution is 2.39. The second-order valence-corrected chi connectivity index (χ2v) is 6.96. The number of hydrogen-bond acceptors (Lipinski definition) is 3. The molecule has 27 heavy (non-hydrogen) atoms. The minimum Gasteiger partial charge on any atom is -0.497 e. The van der Waals surface area contributed by atoms with E-state index in [-0.39, 0.29) is 11.9 Å². The van der Waals surface area contributed by atoms with Gasteiger partial charge in [0.2, 0.25) is 5.91 Å². The molecule has 1 aliphatic carbocycles. The molecule has 4 rings (SSSR count). The molecular formula is C22H23N3O2. The second-order valence-electron chi connectivity index (χ2n) is 6.96. The van der Waals surface area contributed by atoms with Crippen LogP contribution in [0.3, 0.4) is 0 Å². The molecule has 138 valence electrons. The van der Waals surface area contributed by atoms with Crippen molar-refractivity contribution < 1.29 is 9.53 Å². The first-order valence-corrected chi connectivity index (χ1v) is 9.24. The van der Waals surface area contributed by atoms with Crippen molar-refractivity contribution in [3.05, 3.63) is 83.4 Å². The normalized spacial score (nSPS) is 14.6. The molecule has 2 aromatic carbocycles. The zero-order valence-electron chi connectivity index (χ0n) is 15.3. The quantitative estimate of drug-likeness (QED) is 0.674. The lowest BCUT2D eigenvalue weighted by Crippen LogP contribution is -2.30. The third kappa shape index (κ3) is 4.19. The summed E-state index contributed by atoms with van der Waals surface area (Å²) in [6.45, 7) is 0. The molecule has 1 aliphatic rings. The van der Waals surface area contributed by atoms with E-state index < -0.39 is 0 Å². The Bertz CT molecular complexity index is 882. The summed E-state index contributed by atoms with van der Waals surface area (Å²) in [5.74, 6) is 1.48. The van der Waals surface area contributed by atoms with E-state index in [2.05, 4.69) is 39.6 Å². The van der Waals surface area contributed by atoms with E-state index in [1.807, 2.05) is 24.3 Å². The molecule has 3 aromatic rings. The van der Waals surface area contributed by atoms with Gasteiger partial charge >= 0.3 is 0 Å². The Morgan fingerprint density at radius 3 is 2.52 bits per heavy atom. The maximum Gasteiger partial charge on any atom is 0.225 e. The van der Waals surface area contributed by atoms with Gasteiger partial charge in [0, 0.05) is 6.20 Å². The van der Waals surface area contributed by atoms with Crippen LogP contribution in [0.5, 0.6) is 5.75 Å². The molecule has 1 atom stereocenters. The number of imidazole rings is 1. The molecule has 0 radical (unpaired) electrons. The number of hydrogen-bond donors (Lipinski definition) is 2. The number of aromatic nitrogens is 2. The van der Waals surface area contributed by atoms with Crippen molar-refractivity contribution in [2.24, 2.45) is 0 Å². The smallest absolute Gasteiger partial charge is 0.225 e. The van der Waals surface area contributed by atoms with Crippen LogP contribution in [-0.2, 0) is 11.2 Å². The van der Waals surface area contributed by atoms with Gasteiger partial charge in [-0.25, -0.2) is 4.98 Å². The van der Waals surface area contributed by atoms with E-state index in [1.165, 1.54) is 18.4 Å². The fourth-order valence-corrected chi connectivity index (χ4v) is 3.28. The molecule has 0 aliphatic heterocycles. The highest BCUT2D eigenvalue weighted by atomic mass is 16.5. The molecule has 1 aromatic heterocycles. The van der Waals surface area contributed by atoms with Crippen LogP contribution >= 0.6 is 0 Å². The zero-order valence-corrected chi connectivity index (χ0v) is 15.3. The molecule has 2 N–H and O–H groups in total. The van der Waals surface area contributed by atoms with Gasteiger partial charge in [0.15, 0.2) is 0 Å². The van der Waals surface area contributed by atoms with E-state index >= 15 is 0 Å². The fourth-order valence-electron chi connectivity index (χ4n) is 3.28. The van der Waals surface area contributed by atoms with Gasteiger partial charge in [-0.05, 0) is 47.6 Å². The summed E-state index contributed by atoms with van der Waals surface area (Å²) in [5, 5.41) is 3.11. The monoisotopic (exact) mass is 361 g/mol. The Labute approximate surface area is 158 Å². The fraction of sp³-hybridized carbons (Fsp3) is 0.273. The molecule has 1 amide bonds. The molecule has 0 spiro atoms. The summed E-state index contributed by atoms with van der Waals surface area (Å²) in [5.41, 5.74) is 4.14. The molecule has 1 saturated carbocycles. The summed E-state index contributed by atoms with van der Waals surface area (Å²) in [6, 6.07) is 15.8. The number of aromatic amines is 1. The lowest BCUT2D eigenvalue weighted by Gasteiger charge is -2.18. The van der Waals surface area contributed by atoms with Crippen molar-refractivity contribution in [2.45, 2.75) is 31.2 Å². The van der Waals surface area contributed by atoms with Crippen molar-refractivity contribution in [3.63, 3.8) is 0 Å². The van der Waals surface area contributed by atoms with E-state index in [4.69, 9.17) is 4.74 Å². The van der Waals surface area contributed by atoms with E-state index in [0.717, 1.165) is 28.5 Å². The summed E-state index contributed by atoms with van der Waals surface area (Å²) >= 11 is 0. The lowest BCUT2D eigenvalue weighted by molar-refractivity contribution is -0.120. The van der Waals surface area contributed by atoms with Crippen LogP contribution < -0.4 is 10.1 Å². The van der Waals surface area contributed by atoms with Crippen LogP contribution in [0, 0.1) is 0 Å². The van der Waals surface area contributed by atoms with Crippen LogP contribution in [-0.4, -0.2) is 23.0 Å². The Morgan fingerprint density at radius 1 is 1.19 bits per heavy atom. The van der Waals surface area contributed by atoms with Crippen LogP contribution in [0.2, 0.25) is 0 Å². The van der Waals surface area contributed by atoms with Gasteiger partial charge in [0.05, 0.1) is 31.6 Å². The Kier molecular flexibility index (Phi) is 4.92. The number of H-pyrrole nitrogens is 1. The first kappa shape index (κ1) is 17.3. The molecule has 5 heteroatoms.